The lowest BCUT2D eigenvalue weighted by Gasteiger charge is -2.09. The van der Waals surface area contributed by atoms with E-state index in [2.05, 4.69) is 6.58 Å². The predicted molar refractivity (Wildman–Crippen MR) is 43.3 cm³/mol. The molecule has 5 nitrogen and oxygen atoms in total. The second-order valence-corrected chi connectivity index (χ2v) is 2.40. The van der Waals surface area contributed by atoms with Gasteiger partial charge in [-0.1, -0.05) is 6.58 Å². The van der Waals surface area contributed by atoms with Crippen LogP contribution in [0.4, 0.5) is 0 Å². The first-order valence-corrected chi connectivity index (χ1v) is 3.56. The molecule has 12 heavy (non-hydrogen) atoms. The first-order valence-electron chi connectivity index (χ1n) is 3.56. The van der Waals surface area contributed by atoms with Gasteiger partial charge in [0.05, 0.1) is 6.61 Å². The van der Waals surface area contributed by atoms with Crippen molar-refractivity contribution in [2.75, 3.05) is 6.61 Å². The van der Waals surface area contributed by atoms with E-state index in [1.165, 1.54) is 12.4 Å². The molecule has 0 aliphatic heterocycles. The maximum absolute atomic E-state index is 10.6. The van der Waals surface area contributed by atoms with Crippen LogP contribution < -0.4 is 11.2 Å². The average molecular weight is 174 g/mol. The molecule has 5 heteroatoms. The van der Waals surface area contributed by atoms with E-state index in [4.69, 9.17) is 15.7 Å². The van der Waals surface area contributed by atoms with E-state index in [9.17, 15) is 4.79 Å². The van der Waals surface area contributed by atoms with Gasteiger partial charge in [-0.05, 0) is 6.92 Å². The summed E-state index contributed by atoms with van der Waals surface area (Å²) < 4.78 is 4.99. The molecule has 0 radical (unpaired) electrons. The number of nitrogens with two attached hydrogens (primary N) is 1. The molecule has 0 fully saturated rings. The number of ether oxygens (including phenoxy) is 1. The maximum Gasteiger partial charge on any atom is 0.272 e. The van der Waals surface area contributed by atoms with Gasteiger partial charge >= 0.3 is 0 Å². The van der Waals surface area contributed by atoms with Gasteiger partial charge in [0.2, 0.25) is 0 Å². The van der Waals surface area contributed by atoms with Gasteiger partial charge in [0.1, 0.15) is 6.10 Å². The van der Waals surface area contributed by atoms with Gasteiger partial charge in [0.15, 0.2) is 0 Å². The first-order chi connectivity index (χ1) is 5.57. The topological polar surface area (TPSA) is 84.6 Å². The molecular formula is C7H14N2O3. The number of nitrogens with one attached hydrogen (secondary N) is 1. The molecule has 0 rings (SSSR count). The molecule has 0 aromatic rings. The Balaban J connectivity index is 3.50. The molecule has 1 atom stereocenters. The highest BCUT2D eigenvalue weighted by Gasteiger charge is 2.10. The van der Waals surface area contributed by atoms with Crippen molar-refractivity contribution in [3.05, 3.63) is 12.3 Å². The van der Waals surface area contributed by atoms with Gasteiger partial charge in [-0.2, -0.15) is 0 Å². The molecule has 4 N–H and O–H groups in total. The standard InChI is InChI=1S/C7H14N2O3/c1-5(8)3-4-12-6(2)7(10)9-11/h6,11H,1,3-4,8H2,2H3,(H,9,10). The monoisotopic (exact) mass is 174 g/mol. The van der Waals surface area contributed by atoms with Crippen molar-refractivity contribution in [3.63, 3.8) is 0 Å². The normalized spacial score (nSPS) is 12.2. The van der Waals surface area contributed by atoms with Crippen LogP contribution >= 0.6 is 0 Å². The Morgan fingerprint density at radius 3 is 2.83 bits per heavy atom. The molecule has 0 bridgehead atoms. The summed E-state index contributed by atoms with van der Waals surface area (Å²) in [6, 6.07) is 0. The van der Waals surface area contributed by atoms with Crippen LogP contribution in [0.25, 0.3) is 0 Å². The van der Waals surface area contributed by atoms with Gasteiger partial charge < -0.3 is 10.5 Å². The lowest BCUT2D eigenvalue weighted by Crippen LogP contribution is -2.32. The zero-order valence-corrected chi connectivity index (χ0v) is 7.04. The lowest BCUT2D eigenvalue weighted by atomic mass is 10.3. The number of hydrogen-bond acceptors (Lipinski definition) is 4. The Morgan fingerprint density at radius 1 is 1.83 bits per heavy atom. The molecule has 70 valence electrons. The van der Waals surface area contributed by atoms with Crippen LogP contribution in [0.2, 0.25) is 0 Å². The molecule has 0 aliphatic rings. The number of carbonyl (C=O) groups is 1. The third-order valence-electron chi connectivity index (χ3n) is 1.27. The Kier molecular flexibility index (Phi) is 5.07. The number of carbonyl (C=O) groups excluding carboxylic acids is 1. The Bertz CT molecular complexity index is 170. The number of amides is 1. The van der Waals surface area contributed by atoms with E-state index >= 15 is 0 Å². The summed E-state index contributed by atoms with van der Waals surface area (Å²) in [4.78, 5) is 10.6. The second kappa shape index (κ2) is 5.56. The van der Waals surface area contributed by atoms with E-state index in [1.54, 1.807) is 0 Å². The molecule has 0 aromatic heterocycles. The summed E-state index contributed by atoms with van der Waals surface area (Å²) in [6.07, 6.45) is -0.169. The highest BCUT2D eigenvalue weighted by atomic mass is 16.5. The fourth-order valence-corrected chi connectivity index (χ4v) is 0.533. The minimum atomic E-state index is -0.672. The van der Waals surface area contributed by atoms with Gasteiger partial charge in [-0.25, -0.2) is 5.48 Å². The van der Waals surface area contributed by atoms with E-state index in [1.807, 2.05) is 0 Å². The van der Waals surface area contributed by atoms with Crippen LogP contribution in [0, 0.1) is 0 Å². The quantitative estimate of drug-likeness (QED) is 0.396. The number of hydroxylamine groups is 1. The zero-order chi connectivity index (χ0) is 9.56. The second-order valence-electron chi connectivity index (χ2n) is 2.40. The summed E-state index contributed by atoms with van der Waals surface area (Å²) in [5.41, 5.74) is 7.25. The summed E-state index contributed by atoms with van der Waals surface area (Å²) in [6.45, 7) is 5.32. The largest absolute Gasteiger partial charge is 0.402 e. The molecule has 0 saturated heterocycles. The van der Waals surface area contributed by atoms with E-state index in [-0.39, 0.29) is 0 Å². The van der Waals surface area contributed by atoms with E-state index < -0.39 is 12.0 Å². The molecule has 0 aliphatic carbocycles. The third kappa shape index (κ3) is 4.70. The van der Waals surface area contributed by atoms with Crippen LogP contribution in [0.3, 0.4) is 0 Å². The van der Waals surface area contributed by atoms with Crippen LogP contribution in [0.15, 0.2) is 12.3 Å². The Morgan fingerprint density at radius 2 is 2.42 bits per heavy atom. The lowest BCUT2D eigenvalue weighted by molar-refractivity contribution is -0.140. The maximum atomic E-state index is 10.6. The van der Waals surface area contributed by atoms with Crippen LogP contribution in [0.1, 0.15) is 13.3 Å². The van der Waals surface area contributed by atoms with Crippen molar-refractivity contribution < 1.29 is 14.7 Å². The van der Waals surface area contributed by atoms with E-state index in [0.29, 0.717) is 18.7 Å². The van der Waals surface area contributed by atoms with Crippen molar-refractivity contribution in [2.24, 2.45) is 5.73 Å². The summed E-state index contributed by atoms with van der Waals surface area (Å²) >= 11 is 0. The van der Waals surface area contributed by atoms with Crippen molar-refractivity contribution in [3.8, 4) is 0 Å². The Hall–Kier alpha value is -1.07. The molecule has 0 spiro atoms. The number of rotatable bonds is 5. The highest BCUT2D eigenvalue weighted by molar-refractivity contribution is 5.79. The first kappa shape index (κ1) is 10.9. The predicted octanol–water partition coefficient (Wildman–Crippen LogP) is -0.241. The van der Waals surface area contributed by atoms with Crippen molar-refractivity contribution in [1.29, 1.82) is 0 Å². The molecule has 1 unspecified atom stereocenters. The van der Waals surface area contributed by atoms with Crippen molar-refractivity contribution >= 4 is 5.91 Å². The van der Waals surface area contributed by atoms with Crippen molar-refractivity contribution in [2.45, 2.75) is 19.4 Å². The molecule has 0 saturated carbocycles. The Labute approximate surface area is 71.2 Å². The minimum absolute atomic E-state index is 0.323. The van der Waals surface area contributed by atoms with Crippen LogP contribution in [-0.4, -0.2) is 23.8 Å². The minimum Gasteiger partial charge on any atom is -0.402 e. The van der Waals surface area contributed by atoms with Crippen LogP contribution in [-0.2, 0) is 9.53 Å². The summed E-state index contributed by atoms with van der Waals surface area (Å²) in [5.74, 6) is -0.572. The SMILES string of the molecule is C=C(N)CCOC(C)C(=O)NO. The molecule has 0 heterocycles. The van der Waals surface area contributed by atoms with Gasteiger partial charge in [-0.3, -0.25) is 10.0 Å². The fraction of sp³-hybridized carbons (Fsp3) is 0.571. The van der Waals surface area contributed by atoms with Crippen LogP contribution in [0.5, 0.6) is 0 Å². The smallest absolute Gasteiger partial charge is 0.272 e. The fourth-order valence-electron chi connectivity index (χ4n) is 0.533. The van der Waals surface area contributed by atoms with Gasteiger partial charge in [0, 0.05) is 12.1 Å². The molecule has 0 aromatic carbocycles. The number of hydrogen-bond donors (Lipinski definition) is 3. The highest BCUT2D eigenvalue weighted by Crippen LogP contribution is 1.94. The van der Waals surface area contributed by atoms with Crippen molar-refractivity contribution in [1.82, 2.24) is 5.48 Å². The van der Waals surface area contributed by atoms with Gasteiger partial charge in [-0.15, -0.1) is 0 Å². The molecule has 1 amide bonds. The summed E-state index contributed by atoms with van der Waals surface area (Å²) in [7, 11) is 0. The summed E-state index contributed by atoms with van der Waals surface area (Å²) in [5, 5.41) is 8.19. The zero-order valence-electron chi connectivity index (χ0n) is 7.04. The third-order valence-corrected chi connectivity index (χ3v) is 1.27. The average Bonchev–Trinajstić information content (AvgIpc) is 2.02. The van der Waals surface area contributed by atoms with Gasteiger partial charge in [0.25, 0.3) is 5.91 Å². The molecular weight excluding hydrogens is 160 g/mol. The van der Waals surface area contributed by atoms with E-state index in [0.717, 1.165) is 0 Å².